The van der Waals surface area contributed by atoms with Crippen LogP contribution in [0.1, 0.15) is 64.8 Å². The number of rotatable bonds is 14. The fourth-order valence-electron chi connectivity index (χ4n) is 16.1. The molecule has 3 aromatic heterocycles. The van der Waals surface area contributed by atoms with Gasteiger partial charge in [-0.25, -0.2) is 44.9 Å². The van der Waals surface area contributed by atoms with Crippen molar-refractivity contribution in [1.82, 2.24) is 44.9 Å². The van der Waals surface area contributed by atoms with E-state index >= 15 is 0 Å². The van der Waals surface area contributed by atoms with Gasteiger partial charge in [-0.05, 0) is 149 Å². The average molecular weight is 1810 g/mol. The Labute approximate surface area is 784 Å². The maximum Gasteiger partial charge on any atom is 0.488 e. The fourth-order valence-corrected chi connectivity index (χ4v) is 16.9. The molecule has 0 atom stereocenters. The molecule has 18 heteroatoms. The van der Waals surface area contributed by atoms with Gasteiger partial charge >= 0.3 is 14.2 Å². The quantitative estimate of drug-likeness (QED) is 0.0751. The van der Waals surface area contributed by atoms with Crippen LogP contribution in [0.25, 0.3) is 158 Å². The highest BCUT2D eigenvalue weighted by Crippen LogP contribution is 2.51. The Morgan fingerprint density at radius 2 is 0.443 bits per heavy atom. The third kappa shape index (κ3) is 21.1. The van der Waals surface area contributed by atoms with E-state index in [1.54, 1.807) is 24.3 Å². The van der Waals surface area contributed by atoms with Crippen molar-refractivity contribution in [2.75, 3.05) is 0 Å². The number of benzene rings is 16. The second-order valence-electron chi connectivity index (χ2n) is 32.1. The van der Waals surface area contributed by atoms with E-state index in [0.717, 1.165) is 82.4 Å². The van der Waals surface area contributed by atoms with E-state index in [2.05, 4.69) is 164 Å². The second kappa shape index (κ2) is 41.3. The summed E-state index contributed by atoms with van der Waals surface area (Å²) in [5.41, 5.74) is 26.6. The predicted molar refractivity (Wildman–Crippen MR) is 544 cm³/mol. The molecule has 0 aliphatic heterocycles. The summed E-state index contributed by atoms with van der Waals surface area (Å²) in [5, 5.41) is 37.1. The van der Waals surface area contributed by atoms with Gasteiger partial charge in [0.15, 0.2) is 52.4 Å². The minimum atomic E-state index is -1.43. The molecule has 131 heavy (non-hydrogen) atoms. The van der Waals surface area contributed by atoms with Gasteiger partial charge in [0, 0.05) is 75.4 Å². The molecule has 0 amide bonds. The highest BCUT2D eigenvalue weighted by Gasteiger charge is 2.37. The number of aromatic nitrogens is 9. The van der Waals surface area contributed by atoms with Crippen molar-refractivity contribution in [3.05, 3.63) is 449 Å². The van der Waals surface area contributed by atoms with E-state index in [4.69, 9.17) is 73.1 Å². The summed E-state index contributed by atoms with van der Waals surface area (Å²) in [6.45, 7) is 9.05. The van der Waals surface area contributed by atoms with E-state index in [9.17, 15) is 10.0 Å². The van der Waals surface area contributed by atoms with Gasteiger partial charge in [0.2, 0.25) is 0 Å². The molecule has 0 fully saturated rings. The fraction of sp³-hybridized carbons (Fsp3) is 0.0708. The third-order valence-corrected chi connectivity index (χ3v) is 23.7. The van der Waals surface area contributed by atoms with Crippen LogP contribution in [0.2, 0.25) is 10.0 Å². The molecule has 4 N–H and O–H groups in total. The van der Waals surface area contributed by atoms with Crippen molar-refractivity contribution in [2.24, 2.45) is 0 Å². The lowest BCUT2D eigenvalue weighted by molar-refractivity contribution is 0.424. The lowest BCUT2D eigenvalue weighted by Gasteiger charge is -2.21. The van der Waals surface area contributed by atoms with Crippen LogP contribution in [0.3, 0.4) is 0 Å². The van der Waals surface area contributed by atoms with Crippen LogP contribution in [0.5, 0.6) is 0 Å². The second-order valence-corrected chi connectivity index (χ2v) is 33.9. The Kier molecular flexibility index (Phi) is 28.8. The van der Waals surface area contributed by atoms with Crippen LogP contribution in [-0.2, 0) is 10.8 Å². The summed E-state index contributed by atoms with van der Waals surface area (Å²) in [6.07, 6.45) is 0. The molecule has 0 saturated heterocycles. The molecule has 0 bridgehead atoms. The Hall–Kier alpha value is -14.4. The number of hydrogen-bond donors (Lipinski definition) is 4. The molecule has 2 aliphatic carbocycles. The zero-order valence-electron chi connectivity index (χ0n) is 70.9. The Morgan fingerprint density at radius 3 is 0.771 bits per heavy atom. The molecule has 21 rings (SSSR count). The van der Waals surface area contributed by atoms with Gasteiger partial charge in [-0.2, -0.15) is 0 Å². The zero-order valence-corrected chi connectivity index (χ0v) is 74.0. The highest BCUT2D eigenvalue weighted by molar-refractivity contribution is 9.10. The minimum Gasteiger partial charge on any atom is -0.423 e. The van der Waals surface area contributed by atoms with E-state index in [1.165, 1.54) is 56.1 Å². The molecule has 0 spiro atoms. The molecule has 0 saturated carbocycles. The molecule has 2 aliphatic rings. The Balaban J connectivity index is 0.000000134. The maximum absolute atomic E-state index is 9.29. The number of fused-ring (bicyclic) bond motifs is 6. The normalized spacial score (nSPS) is 11.8. The van der Waals surface area contributed by atoms with E-state index < -0.39 is 14.2 Å². The van der Waals surface area contributed by atoms with Crippen LogP contribution >= 0.6 is 39.1 Å². The smallest absolute Gasteiger partial charge is 0.423 e. The zero-order chi connectivity index (χ0) is 89.0. The summed E-state index contributed by atoms with van der Waals surface area (Å²) in [7, 11) is -2.84. The summed E-state index contributed by atoms with van der Waals surface area (Å²) >= 11 is 15.3. The van der Waals surface area contributed by atoms with Crippen LogP contribution in [0.4, 0.5) is 0 Å². The first-order valence-corrected chi connectivity index (χ1v) is 43.8. The summed E-state index contributed by atoms with van der Waals surface area (Å²) < 4.78 is 0.993. The number of hydrogen-bond acceptors (Lipinski definition) is 13. The number of halogens is 3. The third-order valence-electron chi connectivity index (χ3n) is 22.7. The van der Waals surface area contributed by atoms with Crippen molar-refractivity contribution in [1.29, 1.82) is 0 Å². The van der Waals surface area contributed by atoms with Crippen molar-refractivity contribution < 1.29 is 20.1 Å². The lowest BCUT2D eigenvalue weighted by Crippen LogP contribution is -2.30. The van der Waals surface area contributed by atoms with E-state index in [-0.39, 0.29) is 25.7 Å². The predicted octanol–water partition coefficient (Wildman–Crippen LogP) is 26.3. The molecular weight excluding hydrogens is 1720 g/mol. The Morgan fingerprint density at radius 1 is 0.206 bits per heavy atom. The molecule has 13 nitrogen and oxygen atoms in total. The van der Waals surface area contributed by atoms with Crippen LogP contribution in [0, 0.1) is 0 Å². The van der Waals surface area contributed by atoms with Gasteiger partial charge in [-0.15, -0.1) is 0 Å². The van der Waals surface area contributed by atoms with Gasteiger partial charge in [0.25, 0.3) is 0 Å². The summed E-state index contributed by atoms with van der Waals surface area (Å²) in [5.74, 6) is 5.91. The number of nitrogens with zero attached hydrogens (tertiary/aromatic N) is 9. The van der Waals surface area contributed by atoms with Crippen molar-refractivity contribution in [3.8, 4) is 158 Å². The Bertz CT molecular complexity index is 7020. The molecule has 3 heterocycles. The lowest BCUT2D eigenvalue weighted by atomic mass is 9.77. The standard InChI is InChI=1S/C42H31N3.C27H18ClN3.C21H14BrN3.C15H15BO2.C6H6BClO2.2CH4/c1-42(2)37-22-10-9-21-35(37)36-27-33(23-24-38(36)42)31-18-11-17-30(25-31)32-19-12-20-34(26-32)41-44-39(28-13-5-3-6-14-28)43-40(45-41)29-15-7-4-8-16-29;28-24-16-8-14-22(18-24)21-13-7-15-23(17-21)27-30-25(19-9-3-1-4-10-19)29-26(31-27)20-11-5-2-6-12-20;22-18-13-7-12-17(14-18)21-24-19(15-8-3-1-4-9-15)23-20(25-21)16-10-5-2-6-11-16;1-15(2)13-6-4-3-5-11(13)12-9-10(16(17)18)7-8-14(12)15;8-6-3-1-2-5(4-6)7(9)10;;/h3-27H,1-2H3;1-18H;1-14H;3-9,17-18H,1-2H3;1-4,9-10H;2*1H4. The largest absolute Gasteiger partial charge is 0.488 e. The van der Waals surface area contributed by atoms with Crippen LogP contribution in [-0.4, -0.2) is 79.2 Å². The van der Waals surface area contributed by atoms with E-state index in [1.807, 2.05) is 267 Å². The summed E-state index contributed by atoms with van der Waals surface area (Å²) in [4.78, 5) is 43.2. The van der Waals surface area contributed by atoms with Crippen molar-refractivity contribution in [3.63, 3.8) is 0 Å². The average Bonchev–Trinajstić information content (AvgIpc) is 1.58. The molecule has 0 radical (unpaired) electrons. The van der Waals surface area contributed by atoms with Crippen LogP contribution in [0.15, 0.2) is 417 Å². The van der Waals surface area contributed by atoms with Gasteiger partial charge in [0.1, 0.15) is 0 Å². The van der Waals surface area contributed by atoms with Gasteiger partial charge in [-0.3, -0.25) is 0 Å². The minimum absolute atomic E-state index is 0. The molecule has 16 aromatic carbocycles. The SMILES string of the molecule is Brc1cccc(-c2nc(-c3ccccc3)nc(-c3ccccc3)n2)c1.C.C.CC1(C)c2ccccc2-c2cc(-c3cccc(-c4cccc(-c5nc(-c6ccccc6)nc(-c6ccccc6)n5)c4)c3)ccc21.CC1(C)c2ccccc2-c2cc(B(O)O)ccc21.Clc1cccc(-c2cccc(-c3nc(-c4ccccc4)nc(-c4ccccc4)n3)c2)c1.OB(O)c1cccc(Cl)c1. The topological polar surface area (TPSA) is 197 Å². The van der Waals surface area contributed by atoms with Gasteiger partial charge in [-0.1, -0.05) is 434 Å². The van der Waals surface area contributed by atoms with Crippen molar-refractivity contribution in [2.45, 2.75) is 53.4 Å². The van der Waals surface area contributed by atoms with Gasteiger partial charge < -0.3 is 20.1 Å². The first-order chi connectivity index (χ1) is 62.8. The molecule has 19 aromatic rings. The van der Waals surface area contributed by atoms with Crippen LogP contribution < -0.4 is 10.9 Å². The monoisotopic (exact) mass is 1810 g/mol. The molecular formula is C113H92B2BrCl2N9O4. The molecule has 0 unspecified atom stereocenters. The summed E-state index contributed by atoms with van der Waals surface area (Å²) in [6, 6.07) is 138. The first-order valence-electron chi connectivity index (χ1n) is 42.2. The first kappa shape index (κ1) is 91.3. The highest BCUT2D eigenvalue weighted by atomic mass is 79.9. The van der Waals surface area contributed by atoms with E-state index in [0.29, 0.717) is 73.4 Å². The van der Waals surface area contributed by atoms with Crippen molar-refractivity contribution >= 4 is 64.3 Å². The molecule has 640 valence electrons. The van der Waals surface area contributed by atoms with Gasteiger partial charge in [0.05, 0.1) is 0 Å². The maximum atomic E-state index is 9.29.